The maximum atomic E-state index is 14.0. The van der Waals surface area contributed by atoms with Gasteiger partial charge in [0.05, 0.1) is 62.3 Å². The number of hydrogen-bond acceptors (Lipinski definition) is 2. The molecule has 0 N–H and O–H groups in total. The lowest BCUT2D eigenvalue weighted by molar-refractivity contribution is -0.137. The fraction of sp³-hybridized carbons (Fsp3) is 0.0732. The van der Waals surface area contributed by atoms with Crippen molar-refractivity contribution in [2.24, 2.45) is 0 Å². The first-order chi connectivity index (χ1) is 23.2. The molecule has 0 saturated carbocycles. The monoisotopic (exact) mass is 630 g/mol. The summed E-state index contributed by atoms with van der Waals surface area (Å²) in [5, 5.41) is 24.8. The molecule has 0 bridgehead atoms. The van der Waals surface area contributed by atoms with E-state index in [9.17, 15) is 23.7 Å². The molecule has 0 saturated heterocycles. The summed E-state index contributed by atoms with van der Waals surface area (Å²) >= 11 is 0. The van der Waals surface area contributed by atoms with Crippen molar-refractivity contribution in [3.63, 3.8) is 0 Å². The van der Waals surface area contributed by atoms with Gasteiger partial charge in [0.1, 0.15) is 0 Å². The molecular formula is C41H25F3N4. The van der Waals surface area contributed by atoms with Crippen LogP contribution in [0.4, 0.5) is 13.2 Å². The van der Waals surface area contributed by atoms with Crippen LogP contribution in [0.25, 0.3) is 66.1 Å². The Morgan fingerprint density at radius 2 is 1.04 bits per heavy atom. The molecule has 8 rings (SSSR count). The van der Waals surface area contributed by atoms with E-state index in [1.807, 2.05) is 74.5 Å². The van der Waals surface area contributed by atoms with Crippen LogP contribution in [-0.2, 0) is 6.18 Å². The second-order valence-corrected chi connectivity index (χ2v) is 12.1. The average Bonchev–Trinajstić information content (AvgIpc) is 3.58. The van der Waals surface area contributed by atoms with E-state index in [0.29, 0.717) is 28.1 Å². The predicted molar refractivity (Wildman–Crippen MR) is 184 cm³/mol. The van der Waals surface area contributed by atoms with E-state index < -0.39 is 11.7 Å². The molecule has 2 aromatic heterocycles. The van der Waals surface area contributed by atoms with E-state index in [4.69, 9.17) is 0 Å². The molecule has 7 heteroatoms. The molecule has 230 valence electrons. The van der Waals surface area contributed by atoms with Gasteiger partial charge in [-0.25, -0.2) is 0 Å². The highest BCUT2D eigenvalue weighted by molar-refractivity contribution is 6.12. The lowest BCUT2D eigenvalue weighted by Crippen LogP contribution is -2.08. The number of alkyl halides is 3. The summed E-state index contributed by atoms with van der Waals surface area (Å²) in [4.78, 5) is 0. The van der Waals surface area contributed by atoms with E-state index in [0.717, 1.165) is 66.9 Å². The Bertz CT molecular complexity index is 2570. The van der Waals surface area contributed by atoms with Gasteiger partial charge in [0.2, 0.25) is 0 Å². The maximum Gasteiger partial charge on any atom is 0.416 e. The fourth-order valence-electron chi connectivity index (χ4n) is 7.02. The van der Waals surface area contributed by atoms with Crippen molar-refractivity contribution in [2.45, 2.75) is 20.0 Å². The highest BCUT2D eigenvalue weighted by atomic mass is 19.4. The number of nitrogens with zero attached hydrogens (tertiary/aromatic N) is 4. The Morgan fingerprint density at radius 3 is 1.52 bits per heavy atom. The van der Waals surface area contributed by atoms with Gasteiger partial charge in [-0.1, -0.05) is 66.7 Å². The number of fused-ring (bicyclic) bond motifs is 6. The van der Waals surface area contributed by atoms with Gasteiger partial charge in [-0.15, -0.1) is 0 Å². The summed E-state index contributed by atoms with van der Waals surface area (Å²) in [6.07, 6.45) is -4.63. The van der Waals surface area contributed by atoms with Gasteiger partial charge in [0.25, 0.3) is 0 Å². The summed E-state index contributed by atoms with van der Waals surface area (Å²) in [6.45, 7) is 4.01. The van der Waals surface area contributed by atoms with E-state index in [2.05, 4.69) is 45.5 Å². The van der Waals surface area contributed by atoms with Crippen molar-refractivity contribution < 1.29 is 13.2 Å². The molecule has 0 radical (unpaired) electrons. The molecule has 0 aliphatic rings. The summed E-state index contributed by atoms with van der Waals surface area (Å²) in [5.41, 5.74) is 6.90. The number of aryl methyl sites for hydroxylation is 2. The maximum absolute atomic E-state index is 14.0. The normalized spacial score (nSPS) is 11.8. The quantitative estimate of drug-likeness (QED) is 0.195. The topological polar surface area (TPSA) is 57.4 Å². The van der Waals surface area contributed by atoms with Crippen LogP contribution < -0.4 is 0 Å². The van der Waals surface area contributed by atoms with Gasteiger partial charge < -0.3 is 9.13 Å². The van der Waals surface area contributed by atoms with Crippen molar-refractivity contribution in [1.82, 2.24) is 9.13 Å². The smallest absolute Gasteiger partial charge is 0.308 e. The largest absolute Gasteiger partial charge is 0.416 e. The molecule has 4 nitrogen and oxygen atoms in total. The zero-order chi connectivity index (χ0) is 33.3. The summed E-state index contributed by atoms with van der Waals surface area (Å²) < 4.78 is 46.0. The molecule has 0 fully saturated rings. The van der Waals surface area contributed by atoms with E-state index in [1.54, 1.807) is 12.1 Å². The second-order valence-electron chi connectivity index (χ2n) is 12.1. The van der Waals surface area contributed by atoms with Gasteiger partial charge in [0, 0.05) is 32.7 Å². The number of halogens is 3. The molecule has 0 spiro atoms. The van der Waals surface area contributed by atoms with Crippen LogP contribution in [0.3, 0.4) is 0 Å². The van der Waals surface area contributed by atoms with Crippen molar-refractivity contribution >= 4 is 43.6 Å². The highest BCUT2D eigenvalue weighted by Crippen LogP contribution is 2.44. The third-order valence-corrected chi connectivity index (χ3v) is 9.10. The molecule has 0 amide bonds. The molecule has 48 heavy (non-hydrogen) atoms. The number of aromatic nitrogens is 2. The Labute approximate surface area is 273 Å². The third-order valence-electron chi connectivity index (χ3n) is 9.10. The number of nitriles is 2. The van der Waals surface area contributed by atoms with E-state index in [-0.39, 0.29) is 5.56 Å². The molecular weight excluding hydrogens is 605 g/mol. The minimum atomic E-state index is -4.63. The number of benzene rings is 6. The summed E-state index contributed by atoms with van der Waals surface area (Å²) in [5.74, 6) is 0. The average molecular weight is 631 g/mol. The van der Waals surface area contributed by atoms with Crippen LogP contribution in [0, 0.1) is 36.5 Å². The second kappa shape index (κ2) is 10.6. The molecule has 0 unspecified atom stereocenters. The number of hydrogen-bond donors (Lipinski definition) is 0. The summed E-state index contributed by atoms with van der Waals surface area (Å²) in [6, 6.07) is 39.5. The fourth-order valence-corrected chi connectivity index (χ4v) is 7.02. The van der Waals surface area contributed by atoms with Crippen molar-refractivity contribution in [2.75, 3.05) is 0 Å². The Hall–Kier alpha value is -6.31. The first-order valence-corrected chi connectivity index (χ1v) is 15.4. The zero-order valence-electron chi connectivity index (χ0n) is 25.9. The number of para-hydroxylation sites is 2. The van der Waals surface area contributed by atoms with Crippen molar-refractivity contribution in [1.29, 1.82) is 10.5 Å². The molecule has 2 heterocycles. The van der Waals surface area contributed by atoms with E-state index in [1.165, 1.54) is 6.07 Å². The van der Waals surface area contributed by atoms with Crippen LogP contribution in [-0.4, -0.2) is 9.13 Å². The van der Waals surface area contributed by atoms with Crippen molar-refractivity contribution in [3.05, 3.63) is 143 Å². The zero-order valence-corrected chi connectivity index (χ0v) is 25.9. The molecule has 0 aliphatic heterocycles. The minimum Gasteiger partial charge on any atom is -0.308 e. The first-order valence-electron chi connectivity index (χ1n) is 15.4. The van der Waals surface area contributed by atoms with Crippen LogP contribution in [0.5, 0.6) is 0 Å². The molecule has 8 aromatic rings. The van der Waals surface area contributed by atoms with Crippen molar-refractivity contribution in [3.8, 4) is 34.6 Å². The van der Waals surface area contributed by atoms with E-state index >= 15 is 0 Å². The molecule has 6 aromatic carbocycles. The van der Waals surface area contributed by atoms with Crippen LogP contribution in [0.15, 0.2) is 115 Å². The first kappa shape index (κ1) is 29.1. The Kier molecular flexibility index (Phi) is 6.44. The van der Waals surface area contributed by atoms with Gasteiger partial charge in [-0.2, -0.15) is 23.7 Å². The number of rotatable bonds is 3. The highest BCUT2D eigenvalue weighted by Gasteiger charge is 2.32. The summed E-state index contributed by atoms with van der Waals surface area (Å²) in [7, 11) is 0. The molecule has 0 aliphatic carbocycles. The van der Waals surface area contributed by atoms with Gasteiger partial charge in [0.15, 0.2) is 0 Å². The van der Waals surface area contributed by atoms with Crippen LogP contribution >= 0.6 is 0 Å². The third kappa shape index (κ3) is 4.36. The minimum absolute atomic E-state index is 0.120. The van der Waals surface area contributed by atoms with Gasteiger partial charge in [-0.3, -0.25) is 0 Å². The standard InChI is InChI=1S/C41H25F3N4/c1-24-11-14-32-30-7-3-5-9-34(30)47(36(32)17-24)38-19-26(22-45)20-39(40(38)29-16-13-28(41(42,43)44)21-27(29)23-46)48-35-10-6-4-8-31(35)33-15-12-25(2)18-37(33)48/h3-21H,1-2H3. The predicted octanol–water partition coefficient (Wildman–Crippen LogP) is 10.9. The Morgan fingerprint density at radius 1 is 0.542 bits per heavy atom. The Balaban J connectivity index is 1.62. The molecule has 0 atom stereocenters. The van der Waals surface area contributed by atoms with Gasteiger partial charge >= 0.3 is 6.18 Å². The van der Waals surface area contributed by atoms with Gasteiger partial charge in [-0.05, 0) is 73.5 Å². The van der Waals surface area contributed by atoms with Crippen LogP contribution in [0.2, 0.25) is 0 Å². The SMILES string of the molecule is Cc1ccc2c3ccccc3n(-c3cc(C#N)cc(-n4c5ccccc5c5ccc(C)cc54)c3-c3ccc(C(F)(F)F)cc3C#N)c2c1. The lowest BCUT2D eigenvalue weighted by atomic mass is 9.93. The van der Waals surface area contributed by atoms with Crippen LogP contribution in [0.1, 0.15) is 27.8 Å². The lowest BCUT2D eigenvalue weighted by Gasteiger charge is -2.22.